The molecule has 1 atom stereocenters. The van der Waals surface area contributed by atoms with Gasteiger partial charge in [-0.05, 0) is 30.2 Å². The van der Waals surface area contributed by atoms with E-state index in [-0.39, 0.29) is 29.2 Å². The molecule has 0 aromatic heterocycles. The van der Waals surface area contributed by atoms with Gasteiger partial charge in [0.25, 0.3) is 5.69 Å². The first kappa shape index (κ1) is 21.7. The van der Waals surface area contributed by atoms with Crippen molar-refractivity contribution in [2.24, 2.45) is 11.3 Å². The van der Waals surface area contributed by atoms with Crippen molar-refractivity contribution >= 4 is 17.5 Å². The number of hydrogen-bond acceptors (Lipinski definition) is 5. The Kier molecular flexibility index (Phi) is 6.37. The first-order valence-electron chi connectivity index (χ1n) is 9.98. The van der Waals surface area contributed by atoms with Gasteiger partial charge in [0, 0.05) is 24.3 Å². The van der Waals surface area contributed by atoms with Gasteiger partial charge in [-0.1, -0.05) is 62.8 Å². The van der Waals surface area contributed by atoms with Crippen molar-refractivity contribution in [2.75, 3.05) is 13.9 Å². The molecule has 0 spiro atoms. The van der Waals surface area contributed by atoms with Crippen LogP contribution in [0.4, 0.5) is 5.69 Å². The van der Waals surface area contributed by atoms with Crippen LogP contribution in [0.15, 0.2) is 48.0 Å². The molecule has 0 radical (unpaired) electrons. The lowest BCUT2D eigenvalue weighted by atomic mass is 9.85. The molecule has 0 bridgehead atoms. The van der Waals surface area contributed by atoms with Crippen LogP contribution < -0.4 is 4.74 Å². The van der Waals surface area contributed by atoms with E-state index in [1.165, 1.54) is 18.7 Å². The van der Waals surface area contributed by atoms with Gasteiger partial charge in [0.05, 0.1) is 4.92 Å². The fraction of sp³-hybridized carbons (Fsp3) is 0.375. The van der Waals surface area contributed by atoms with Crippen molar-refractivity contribution in [3.05, 3.63) is 74.8 Å². The maximum absolute atomic E-state index is 13.3. The predicted molar refractivity (Wildman–Crippen MR) is 116 cm³/mol. The molecule has 2 aromatic carbocycles. The summed E-state index contributed by atoms with van der Waals surface area (Å²) in [6.07, 6.45) is 4.02. The Morgan fingerprint density at radius 1 is 1.23 bits per heavy atom. The molecular formula is C24H27NO5. The van der Waals surface area contributed by atoms with Gasteiger partial charge in [0.2, 0.25) is 5.78 Å². The van der Waals surface area contributed by atoms with Gasteiger partial charge in [-0.15, -0.1) is 0 Å². The summed E-state index contributed by atoms with van der Waals surface area (Å²) in [4.78, 5) is 24.5. The van der Waals surface area contributed by atoms with Gasteiger partial charge in [-0.2, -0.15) is 0 Å². The fourth-order valence-electron chi connectivity index (χ4n) is 4.25. The maximum atomic E-state index is 13.3. The average molecular weight is 409 g/mol. The largest absolute Gasteiger partial charge is 0.466 e. The van der Waals surface area contributed by atoms with E-state index in [4.69, 9.17) is 9.47 Å². The van der Waals surface area contributed by atoms with E-state index in [1.54, 1.807) is 36.4 Å². The second-order valence-electron chi connectivity index (χ2n) is 8.45. The monoisotopic (exact) mass is 409 g/mol. The molecule has 6 nitrogen and oxygen atoms in total. The van der Waals surface area contributed by atoms with Gasteiger partial charge < -0.3 is 9.47 Å². The quantitative estimate of drug-likeness (QED) is 0.256. The Balaban J connectivity index is 2.21. The van der Waals surface area contributed by atoms with Crippen LogP contribution in [0.5, 0.6) is 5.75 Å². The highest BCUT2D eigenvalue weighted by molar-refractivity contribution is 6.14. The molecular weight excluding hydrogens is 382 g/mol. The van der Waals surface area contributed by atoms with E-state index in [2.05, 4.69) is 20.8 Å². The van der Waals surface area contributed by atoms with Crippen molar-refractivity contribution in [1.82, 2.24) is 0 Å². The van der Waals surface area contributed by atoms with Crippen molar-refractivity contribution in [3.8, 4) is 5.75 Å². The highest BCUT2D eigenvalue weighted by Gasteiger charge is 2.34. The molecule has 0 aliphatic heterocycles. The third-order valence-electron chi connectivity index (χ3n) is 5.57. The summed E-state index contributed by atoms with van der Waals surface area (Å²) in [7, 11) is 1.47. The normalized spacial score (nSPS) is 19.1. The third kappa shape index (κ3) is 4.44. The summed E-state index contributed by atoms with van der Waals surface area (Å²) in [5.41, 5.74) is 1.93. The first-order chi connectivity index (χ1) is 14.2. The molecule has 1 unspecified atom stereocenters. The number of nitro benzene ring substituents is 1. The number of carbonyl (C=O) groups is 1. The van der Waals surface area contributed by atoms with E-state index in [9.17, 15) is 14.9 Å². The van der Waals surface area contributed by atoms with Gasteiger partial charge in [-0.25, -0.2) is 0 Å². The van der Waals surface area contributed by atoms with Gasteiger partial charge in [0.15, 0.2) is 6.79 Å². The van der Waals surface area contributed by atoms with Gasteiger partial charge >= 0.3 is 0 Å². The Labute approximate surface area is 176 Å². The van der Waals surface area contributed by atoms with Crippen molar-refractivity contribution in [1.29, 1.82) is 0 Å². The number of benzene rings is 2. The van der Waals surface area contributed by atoms with E-state index in [0.29, 0.717) is 17.0 Å². The van der Waals surface area contributed by atoms with Crippen LogP contribution in [0, 0.1) is 21.4 Å². The molecule has 0 heterocycles. The van der Waals surface area contributed by atoms with Crippen LogP contribution in [0.2, 0.25) is 0 Å². The zero-order valence-corrected chi connectivity index (χ0v) is 17.8. The number of nitrogens with zero attached hydrogens (tertiary/aromatic N) is 1. The fourth-order valence-corrected chi connectivity index (χ4v) is 4.25. The molecule has 158 valence electrons. The third-order valence-corrected chi connectivity index (χ3v) is 5.57. The molecule has 30 heavy (non-hydrogen) atoms. The molecule has 0 N–H and O–H groups in total. The number of hydrogen-bond donors (Lipinski definition) is 0. The second-order valence-corrected chi connectivity index (χ2v) is 8.45. The molecule has 1 aliphatic carbocycles. The van der Waals surface area contributed by atoms with Gasteiger partial charge in [0.1, 0.15) is 11.3 Å². The van der Waals surface area contributed by atoms with Crippen LogP contribution in [0.3, 0.4) is 0 Å². The number of carbonyl (C=O) groups excluding carboxylic acids is 1. The minimum absolute atomic E-state index is 0.0172. The molecule has 1 aliphatic rings. The van der Waals surface area contributed by atoms with Gasteiger partial charge in [-0.3, -0.25) is 14.9 Å². The SMILES string of the molecule is COCOc1c(C=C2CC(C)CC2(C)C)ccc([N+](=O)[O-])c1C(=O)c1ccccc1. The number of allylic oxidation sites excluding steroid dienone is 1. The molecule has 2 aromatic rings. The summed E-state index contributed by atoms with van der Waals surface area (Å²) >= 11 is 0. The number of ketones is 1. The number of ether oxygens (including phenoxy) is 2. The molecule has 0 saturated heterocycles. The van der Waals surface area contributed by atoms with Crippen LogP contribution in [-0.4, -0.2) is 24.6 Å². The smallest absolute Gasteiger partial charge is 0.284 e. The highest BCUT2D eigenvalue weighted by Crippen LogP contribution is 2.47. The summed E-state index contributed by atoms with van der Waals surface area (Å²) in [5, 5.41) is 11.7. The lowest BCUT2D eigenvalue weighted by Gasteiger charge is -2.21. The average Bonchev–Trinajstić information content (AvgIpc) is 2.97. The number of nitro groups is 1. The minimum atomic E-state index is -0.547. The standard InChI is InChI=1S/C24H27NO5/c1-16-12-19(24(2,3)14-16)13-18-10-11-20(25(27)28)21(23(18)30-15-29-4)22(26)17-8-6-5-7-9-17/h5-11,13,16H,12,14-15H2,1-4H3. The minimum Gasteiger partial charge on any atom is -0.466 e. The summed E-state index contributed by atoms with van der Waals surface area (Å²) in [6, 6.07) is 11.5. The van der Waals surface area contributed by atoms with Crippen LogP contribution in [0.25, 0.3) is 6.08 Å². The van der Waals surface area contributed by atoms with E-state index < -0.39 is 10.7 Å². The van der Waals surface area contributed by atoms with E-state index in [0.717, 1.165) is 12.8 Å². The maximum Gasteiger partial charge on any atom is 0.284 e. The van der Waals surface area contributed by atoms with Crippen LogP contribution >= 0.6 is 0 Å². The topological polar surface area (TPSA) is 78.7 Å². The Morgan fingerprint density at radius 2 is 1.93 bits per heavy atom. The molecule has 0 amide bonds. The first-order valence-corrected chi connectivity index (χ1v) is 9.98. The molecule has 3 rings (SSSR count). The lowest BCUT2D eigenvalue weighted by molar-refractivity contribution is -0.385. The summed E-state index contributed by atoms with van der Waals surface area (Å²) in [6.45, 7) is 6.48. The predicted octanol–water partition coefficient (Wildman–Crippen LogP) is 5.65. The van der Waals surface area contributed by atoms with E-state index >= 15 is 0 Å². The van der Waals surface area contributed by atoms with Crippen molar-refractivity contribution in [2.45, 2.75) is 33.6 Å². The Morgan fingerprint density at radius 3 is 2.50 bits per heavy atom. The molecule has 1 saturated carbocycles. The Bertz CT molecular complexity index is 979. The Hall–Kier alpha value is -2.99. The van der Waals surface area contributed by atoms with Crippen molar-refractivity contribution in [3.63, 3.8) is 0 Å². The summed E-state index contributed by atoms with van der Waals surface area (Å²) in [5.74, 6) is 0.286. The highest BCUT2D eigenvalue weighted by atomic mass is 16.7. The van der Waals surface area contributed by atoms with E-state index in [1.807, 2.05) is 6.08 Å². The van der Waals surface area contributed by atoms with Crippen LogP contribution in [0.1, 0.15) is 55.1 Å². The molecule has 1 fully saturated rings. The zero-order chi connectivity index (χ0) is 21.9. The number of methoxy groups -OCH3 is 1. The van der Waals surface area contributed by atoms with Crippen LogP contribution in [-0.2, 0) is 4.74 Å². The zero-order valence-electron chi connectivity index (χ0n) is 17.8. The summed E-state index contributed by atoms with van der Waals surface area (Å²) < 4.78 is 10.8. The second kappa shape index (κ2) is 8.79. The lowest BCUT2D eigenvalue weighted by Crippen LogP contribution is -2.12. The molecule has 6 heteroatoms. The van der Waals surface area contributed by atoms with Crippen molar-refractivity contribution < 1.29 is 19.2 Å². The number of rotatable bonds is 7.